The molecule has 0 spiro atoms. The highest BCUT2D eigenvalue weighted by molar-refractivity contribution is 5.95. The number of carbonyl (C=O) groups is 2. The summed E-state index contributed by atoms with van der Waals surface area (Å²) < 4.78 is 5.19. The summed E-state index contributed by atoms with van der Waals surface area (Å²) in [4.78, 5) is 37.2. The van der Waals surface area contributed by atoms with Crippen molar-refractivity contribution in [2.45, 2.75) is 13.3 Å². The molecule has 3 aromatic rings. The molecule has 8 heteroatoms. The number of aromatic nitrogens is 2. The lowest BCUT2D eigenvalue weighted by Gasteiger charge is -2.34. The van der Waals surface area contributed by atoms with E-state index in [0.29, 0.717) is 44.1 Å². The Hall–Kier alpha value is -3.94. The summed E-state index contributed by atoms with van der Waals surface area (Å²) in [5.41, 5.74) is 3.21. The van der Waals surface area contributed by atoms with Gasteiger partial charge in [0.15, 0.2) is 0 Å². The second-order valence-corrected chi connectivity index (χ2v) is 7.76. The third-order valence-corrected chi connectivity index (χ3v) is 5.66. The molecule has 2 amide bonds. The first-order valence-corrected chi connectivity index (χ1v) is 11.0. The van der Waals surface area contributed by atoms with Crippen molar-refractivity contribution in [2.75, 3.05) is 38.6 Å². The topological polar surface area (TPSA) is 87.7 Å². The van der Waals surface area contributed by atoms with E-state index in [2.05, 4.69) is 15.3 Å². The molecule has 0 radical (unpaired) electrons. The molecule has 33 heavy (non-hydrogen) atoms. The van der Waals surface area contributed by atoms with Crippen LogP contribution in [0.2, 0.25) is 0 Å². The van der Waals surface area contributed by atoms with Crippen LogP contribution in [0.25, 0.3) is 11.1 Å². The summed E-state index contributed by atoms with van der Waals surface area (Å²) in [6.07, 6.45) is 4.00. The number of carbonyl (C=O) groups excluding carboxylic acids is 2. The maximum absolute atomic E-state index is 13.0. The predicted octanol–water partition coefficient (Wildman–Crippen LogP) is 3.59. The number of nitrogens with zero attached hydrogens (tertiary/aromatic N) is 4. The van der Waals surface area contributed by atoms with Gasteiger partial charge in [0.05, 0.1) is 7.11 Å². The van der Waals surface area contributed by atoms with Crippen molar-refractivity contribution in [3.63, 3.8) is 0 Å². The fraction of sp³-hybridized carbons (Fsp3) is 0.280. The van der Waals surface area contributed by atoms with Gasteiger partial charge in [0.25, 0.3) is 5.91 Å². The van der Waals surface area contributed by atoms with Gasteiger partial charge in [0.2, 0.25) is 11.9 Å². The van der Waals surface area contributed by atoms with E-state index in [1.807, 2.05) is 48.2 Å². The number of benzene rings is 2. The van der Waals surface area contributed by atoms with Gasteiger partial charge in [-0.25, -0.2) is 9.97 Å². The molecule has 0 saturated carbocycles. The number of piperazine rings is 1. The molecule has 1 N–H and O–H groups in total. The highest BCUT2D eigenvalue weighted by Crippen LogP contribution is 2.22. The number of anilines is 2. The molecule has 0 aliphatic carbocycles. The van der Waals surface area contributed by atoms with Crippen molar-refractivity contribution < 1.29 is 14.3 Å². The number of hydrogen-bond acceptors (Lipinski definition) is 6. The van der Waals surface area contributed by atoms with Gasteiger partial charge in [0, 0.05) is 61.8 Å². The Morgan fingerprint density at radius 3 is 2.24 bits per heavy atom. The number of nitrogens with one attached hydrogen (secondary N) is 1. The zero-order valence-electron chi connectivity index (χ0n) is 18.8. The SMILES string of the molecule is CCC(=O)N1CCN(C(=O)c2cccc(Nc3ncc(-c4ccc(OC)cc4)cn3)c2)CC1. The highest BCUT2D eigenvalue weighted by Gasteiger charge is 2.24. The smallest absolute Gasteiger partial charge is 0.254 e. The minimum absolute atomic E-state index is 0.0435. The molecule has 2 aromatic carbocycles. The average molecular weight is 446 g/mol. The fourth-order valence-electron chi connectivity index (χ4n) is 3.75. The monoisotopic (exact) mass is 445 g/mol. The number of rotatable bonds is 6. The Kier molecular flexibility index (Phi) is 6.83. The molecule has 2 heterocycles. The van der Waals surface area contributed by atoms with Gasteiger partial charge in [-0.1, -0.05) is 25.1 Å². The Labute approximate surface area is 193 Å². The minimum Gasteiger partial charge on any atom is -0.497 e. The molecule has 8 nitrogen and oxygen atoms in total. The third-order valence-electron chi connectivity index (χ3n) is 5.66. The van der Waals surface area contributed by atoms with Crippen molar-refractivity contribution in [1.82, 2.24) is 19.8 Å². The predicted molar refractivity (Wildman–Crippen MR) is 127 cm³/mol. The van der Waals surface area contributed by atoms with Gasteiger partial charge < -0.3 is 19.9 Å². The van der Waals surface area contributed by atoms with Crippen LogP contribution in [0.1, 0.15) is 23.7 Å². The maximum Gasteiger partial charge on any atom is 0.254 e. The molecular formula is C25H27N5O3. The molecule has 4 rings (SSSR count). The van der Waals surface area contributed by atoms with Gasteiger partial charge in [-0.2, -0.15) is 0 Å². The summed E-state index contributed by atoms with van der Waals surface area (Å²) in [6.45, 7) is 4.08. The van der Waals surface area contributed by atoms with Crippen molar-refractivity contribution in [3.8, 4) is 16.9 Å². The molecule has 0 unspecified atom stereocenters. The second-order valence-electron chi connectivity index (χ2n) is 7.76. The van der Waals surface area contributed by atoms with Crippen molar-refractivity contribution in [3.05, 3.63) is 66.5 Å². The lowest BCUT2D eigenvalue weighted by molar-refractivity contribution is -0.132. The van der Waals surface area contributed by atoms with E-state index < -0.39 is 0 Å². The molecule has 1 aliphatic heterocycles. The van der Waals surface area contributed by atoms with Crippen molar-refractivity contribution in [1.29, 1.82) is 0 Å². The lowest BCUT2D eigenvalue weighted by atomic mass is 10.1. The van der Waals surface area contributed by atoms with Gasteiger partial charge in [0.1, 0.15) is 5.75 Å². The summed E-state index contributed by atoms with van der Waals surface area (Å²) >= 11 is 0. The minimum atomic E-state index is -0.0435. The normalized spacial score (nSPS) is 13.5. The first-order chi connectivity index (χ1) is 16.1. The van der Waals surface area contributed by atoms with Crippen LogP contribution in [0.15, 0.2) is 60.9 Å². The molecule has 170 valence electrons. The van der Waals surface area contributed by atoms with E-state index in [0.717, 1.165) is 22.6 Å². The van der Waals surface area contributed by atoms with Crippen LogP contribution >= 0.6 is 0 Å². The van der Waals surface area contributed by atoms with Crippen LogP contribution in [0.4, 0.5) is 11.6 Å². The van der Waals surface area contributed by atoms with Crippen LogP contribution in [-0.2, 0) is 4.79 Å². The van der Waals surface area contributed by atoms with Crippen LogP contribution < -0.4 is 10.1 Å². The molecule has 1 aromatic heterocycles. The maximum atomic E-state index is 13.0. The van der Waals surface area contributed by atoms with Crippen molar-refractivity contribution in [2.24, 2.45) is 0 Å². The highest BCUT2D eigenvalue weighted by atomic mass is 16.5. The number of hydrogen-bond donors (Lipinski definition) is 1. The quantitative estimate of drug-likeness (QED) is 0.624. The largest absolute Gasteiger partial charge is 0.497 e. The Bertz CT molecular complexity index is 1110. The average Bonchev–Trinajstić information content (AvgIpc) is 2.88. The Balaban J connectivity index is 1.39. The molecule has 0 bridgehead atoms. The molecule has 1 fully saturated rings. The van der Waals surface area contributed by atoms with Crippen LogP contribution in [0, 0.1) is 0 Å². The standard InChI is InChI=1S/C25H27N5O3/c1-3-23(31)29-11-13-30(14-12-29)24(32)19-5-4-6-21(15-19)28-25-26-16-20(17-27-25)18-7-9-22(33-2)10-8-18/h4-10,15-17H,3,11-14H2,1-2H3,(H,26,27,28). The van der Waals surface area contributed by atoms with E-state index in [4.69, 9.17) is 4.74 Å². The van der Waals surface area contributed by atoms with Gasteiger partial charge in [-0.05, 0) is 35.9 Å². The number of amides is 2. The number of ether oxygens (including phenoxy) is 1. The first-order valence-electron chi connectivity index (χ1n) is 11.0. The third kappa shape index (κ3) is 5.28. The van der Waals surface area contributed by atoms with Gasteiger partial charge in [-0.3, -0.25) is 9.59 Å². The molecule has 0 atom stereocenters. The van der Waals surface area contributed by atoms with E-state index in [9.17, 15) is 9.59 Å². The first kappa shape index (κ1) is 22.3. The summed E-state index contributed by atoms with van der Waals surface area (Å²) in [6, 6.07) is 15.0. The lowest BCUT2D eigenvalue weighted by Crippen LogP contribution is -2.50. The van der Waals surface area contributed by atoms with Crippen molar-refractivity contribution >= 4 is 23.5 Å². The zero-order valence-corrected chi connectivity index (χ0v) is 18.8. The molecule has 1 aliphatic rings. The second kappa shape index (κ2) is 10.1. The summed E-state index contributed by atoms with van der Waals surface area (Å²) in [7, 11) is 1.64. The zero-order chi connectivity index (χ0) is 23.2. The van der Waals surface area contributed by atoms with Crippen LogP contribution in [0.3, 0.4) is 0 Å². The fourth-order valence-corrected chi connectivity index (χ4v) is 3.75. The van der Waals surface area contributed by atoms with E-state index >= 15 is 0 Å². The summed E-state index contributed by atoms with van der Waals surface area (Å²) in [5.74, 6) is 1.33. The summed E-state index contributed by atoms with van der Waals surface area (Å²) in [5, 5.41) is 3.16. The van der Waals surface area contributed by atoms with E-state index in [1.54, 1.807) is 36.5 Å². The molecular weight excluding hydrogens is 418 g/mol. The van der Waals surface area contributed by atoms with Gasteiger partial charge in [-0.15, -0.1) is 0 Å². The van der Waals surface area contributed by atoms with Gasteiger partial charge >= 0.3 is 0 Å². The Morgan fingerprint density at radius 1 is 0.939 bits per heavy atom. The van der Waals surface area contributed by atoms with E-state index in [1.165, 1.54) is 0 Å². The van der Waals surface area contributed by atoms with Crippen LogP contribution in [0.5, 0.6) is 5.75 Å². The van der Waals surface area contributed by atoms with E-state index in [-0.39, 0.29) is 11.8 Å². The molecule has 1 saturated heterocycles. The Morgan fingerprint density at radius 2 is 1.61 bits per heavy atom. The number of methoxy groups -OCH3 is 1. The van der Waals surface area contributed by atoms with Crippen LogP contribution in [-0.4, -0.2) is 64.9 Å².